The molecule has 0 spiro atoms. The van der Waals surface area contributed by atoms with Gasteiger partial charge in [0.15, 0.2) is 0 Å². The number of piperidine rings is 1. The van der Waals surface area contributed by atoms with E-state index < -0.39 is 11.7 Å². The van der Waals surface area contributed by atoms with Crippen molar-refractivity contribution < 1.29 is 14.7 Å². The number of hydrogen-bond donors (Lipinski definition) is 4. The summed E-state index contributed by atoms with van der Waals surface area (Å²) in [7, 11) is 0. The largest absolute Gasteiger partial charge is 0.465 e. The highest BCUT2D eigenvalue weighted by molar-refractivity contribution is 6.33. The number of aromatic amines is 1. The van der Waals surface area contributed by atoms with Crippen LogP contribution in [0.4, 0.5) is 15.3 Å². The van der Waals surface area contributed by atoms with Crippen molar-refractivity contribution in [2.45, 2.75) is 31.3 Å². The zero-order chi connectivity index (χ0) is 18.7. The molecule has 26 heavy (non-hydrogen) atoms. The molecule has 2 saturated heterocycles. The highest BCUT2D eigenvalue weighted by Crippen LogP contribution is 2.24. The molecule has 2 aliphatic rings. The van der Waals surface area contributed by atoms with Crippen LogP contribution in [0.3, 0.4) is 0 Å². The smallest absolute Gasteiger partial charge is 0.407 e. The molecule has 142 valence electrons. The Balaban J connectivity index is 1.47. The van der Waals surface area contributed by atoms with Crippen LogP contribution in [-0.2, 0) is 0 Å². The normalized spacial score (nSPS) is 20.9. The summed E-state index contributed by atoms with van der Waals surface area (Å²) in [6.45, 7) is 2.04. The van der Waals surface area contributed by atoms with Crippen molar-refractivity contribution in [3.8, 4) is 0 Å². The molecule has 2 fully saturated rings. The summed E-state index contributed by atoms with van der Waals surface area (Å²) in [4.78, 5) is 37.9. The van der Waals surface area contributed by atoms with Gasteiger partial charge >= 0.3 is 12.1 Å². The van der Waals surface area contributed by atoms with Crippen molar-refractivity contribution in [1.82, 2.24) is 25.7 Å². The van der Waals surface area contributed by atoms with Crippen LogP contribution >= 0.6 is 11.6 Å². The first-order chi connectivity index (χ1) is 12.4. The van der Waals surface area contributed by atoms with E-state index in [0.29, 0.717) is 44.7 Å². The molecule has 3 heterocycles. The van der Waals surface area contributed by atoms with Gasteiger partial charge in [-0.2, -0.15) is 5.10 Å². The number of carbonyl (C=O) groups is 2. The van der Waals surface area contributed by atoms with Gasteiger partial charge in [-0.1, -0.05) is 11.6 Å². The standard InChI is InChI=1S/C15H21ClN6O4/c16-12-11(7-17-20-13(12)23)22-6-3-10(8-22)19-14(24)18-9-1-4-21(5-2-9)15(25)26/h7,9-10H,1-6,8H2,(H,20,23)(H,25,26)(H2,18,19,24). The van der Waals surface area contributed by atoms with Gasteiger partial charge in [-0.05, 0) is 19.3 Å². The van der Waals surface area contributed by atoms with Gasteiger partial charge in [0.25, 0.3) is 5.56 Å². The molecule has 2 aliphatic heterocycles. The second kappa shape index (κ2) is 7.81. The maximum absolute atomic E-state index is 12.2. The number of anilines is 1. The summed E-state index contributed by atoms with van der Waals surface area (Å²) in [5.41, 5.74) is 0.118. The number of nitrogens with zero attached hydrogens (tertiary/aromatic N) is 3. The topological polar surface area (TPSA) is 131 Å². The second-order valence-corrected chi connectivity index (χ2v) is 6.87. The van der Waals surface area contributed by atoms with Crippen LogP contribution < -0.4 is 21.1 Å². The van der Waals surface area contributed by atoms with Gasteiger partial charge in [0.1, 0.15) is 5.02 Å². The number of urea groups is 1. The quantitative estimate of drug-likeness (QED) is 0.598. The van der Waals surface area contributed by atoms with E-state index in [4.69, 9.17) is 16.7 Å². The maximum Gasteiger partial charge on any atom is 0.407 e. The first-order valence-electron chi connectivity index (χ1n) is 8.47. The van der Waals surface area contributed by atoms with E-state index >= 15 is 0 Å². The van der Waals surface area contributed by atoms with Crippen LogP contribution in [0.2, 0.25) is 5.02 Å². The van der Waals surface area contributed by atoms with E-state index in [1.807, 2.05) is 4.90 Å². The van der Waals surface area contributed by atoms with E-state index in [0.717, 1.165) is 6.42 Å². The van der Waals surface area contributed by atoms with Crippen molar-refractivity contribution in [3.05, 3.63) is 21.6 Å². The van der Waals surface area contributed by atoms with Gasteiger partial charge < -0.3 is 25.5 Å². The van der Waals surface area contributed by atoms with Crippen molar-refractivity contribution in [3.63, 3.8) is 0 Å². The van der Waals surface area contributed by atoms with Crippen LogP contribution in [0.25, 0.3) is 0 Å². The molecule has 1 aromatic rings. The molecule has 10 nitrogen and oxygen atoms in total. The van der Waals surface area contributed by atoms with E-state index in [-0.39, 0.29) is 23.1 Å². The number of carboxylic acid groups (broad SMARTS) is 1. The van der Waals surface area contributed by atoms with Gasteiger partial charge in [0.2, 0.25) is 0 Å². The zero-order valence-corrected chi connectivity index (χ0v) is 14.8. The van der Waals surface area contributed by atoms with Crippen molar-refractivity contribution >= 4 is 29.4 Å². The van der Waals surface area contributed by atoms with E-state index in [1.165, 1.54) is 11.1 Å². The zero-order valence-electron chi connectivity index (χ0n) is 14.1. The van der Waals surface area contributed by atoms with Crippen molar-refractivity contribution in [2.75, 3.05) is 31.1 Å². The predicted molar refractivity (Wildman–Crippen MR) is 94.8 cm³/mol. The third-order valence-electron chi connectivity index (χ3n) is 4.74. The monoisotopic (exact) mass is 384 g/mol. The Labute approximate surface area is 154 Å². The third kappa shape index (κ3) is 4.18. The number of hydrogen-bond acceptors (Lipinski definition) is 5. The summed E-state index contributed by atoms with van der Waals surface area (Å²) >= 11 is 6.02. The van der Waals surface area contributed by atoms with Crippen LogP contribution in [-0.4, -0.2) is 70.6 Å². The SMILES string of the molecule is O=C(NC1CCN(C(=O)O)CC1)NC1CCN(c2cn[nH]c(=O)c2Cl)C1. The number of aromatic nitrogens is 2. The fourth-order valence-electron chi connectivity index (χ4n) is 3.32. The Morgan fingerprint density at radius 2 is 1.85 bits per heavy atom. The molecule has 4 N–H and O–H groups in total. The van der Waals surface area contributed by atoms with Crippen LogP contribution in [0.15, 0.2) is 11.0 Å². The molecule has 1 aromatic heterocycles. The predicted octanol–water partition coefficient (Wildman–Crippen LogP) is 0.444. The molecule has 0 bridgehead atoms. The van der Waals surface area contributed by atoms with Gasteiger partial charge in [0.05, 0.1) is 11.9 Å². The summed E-state index contributed by atoms with van der Waals surface area (Å²) in [5.74, 6) is 0. The minimum Gasteiger partial charge on any atom is -0.465 e. The molecule has 1 unspecified atom stereocenters. The molecule has 3 rings (SSSR count). The molecule has 11 heteroatoms. The summed E-state index contributed by atoms with van der Waals surface area (Å²) in [6.07, 6.45) is 2.51. The third-order valence-corrected chi connectivity index (χ3v) is 5.11. The average molecular weight is 385 g/mol. The number of rotatable bonds is 3. The highest BCUT2D eigenvalue weighted by Gasteiger charge is 2.28. The lowest BCUT2D eigenvalue weighted by atomic mass is 10.1. The minimum absolute atomic E-state index is 0.0329. The Morgan fingerprint density at radius 1 is 1.19 bits per heavy atom. The molecule has 0 aromatic carbocycles. The first kappa shape index (κ1) is 18.3. The molecular formula is C15H21ClN6O4. The fraction of sp³-hybridized carbons (Fsp3) is 0.600. The van der Waals surface area contributed by atoms with Crippen molar-refractivity contribution in [1.29, 1.82) is 0 Å². The van der Waals surface area contributed by atoms with E-state index in [2.05, 4.69) is 20.8 Å². The van der Waals surface area contributed by atoms with E-state index in [1.54, 1.807) is 0 Å². The second-order valence-electron chi connectivity index (χ2n) is 6.49. The van der Waals surface area contributed by atoms with Crippen LogP contribution in [0, 0.1) is 0 Å². The molecular weight excluding hydrogens is 364 g/mol. The number of amides is 3. The van der Waals surface area contributed by atoms with Gasteiger partial charge in [0, 0.05) is 38.3 Å². The summed E-state index contributed by atoms with van der Waals surface area (Å²) in [5, 5.41) is 20.9. The number of H-pyrrole nitrogens is 1. The van der Waals surface area contributed by atoms with Crippen LogP contribution in [0.5, 0.6) is 0 Å². The lowest BCUT2D eigenvalue weighted by Crippen LogP contribution is -2.51. The molecule has 3 amide bonds. The Bertz CT molecular complexity index is 733. The minimum atomic E-state index is -0.924. The van der Waals surface area contributed by atoms with Gasteiger partial charge in [-0.25, -0.2) is 14.7 Å². The Kier molecular flexibility index (Phi) is 5.50. The van der Waals surface area contributed by atoms with Gasteiger partial charge in [-0.3, -0.25) is 4.79 Å². The number of likely N-dealkylation sites (tertiary alicyclic amines) is 1. The lowest BCUT2D eigenvalue weighted by molar-refractivity contribution is 0.129. The average Bonchev–Trinajstić information content (AvgIpc) is 3.05. The number of carbonyl (C=O) groups excluding carboxylic acids is 1. The molecule has 0 saturated carbocycles. The molecule has 0 aliphatic carbocycles. The Hall–Kier alpha value is -2.49. The van der Waals surface area contributed by atoms with Crippen LogP contribution in [0.1, 0.15) is 19.3 Å². The maximum atomic E-state index is 12.2. The highest BCUT2D eigenvalue weighted by atomic mass is 35.5. The number of halogens is 1. The van der Waals surface area contributed by atoms with Crippen molar-refractivity contribution in [2.24, 2.45) is 0 Å². The lowest BCUT2D eigenvalue weighted by Gasteiger charge is -2.30. The number of nitrogens with one attached hydrogen (secondary N) is 3. The fourth-order valence-corrected chi connectivity index (χ4v) is 3.53. The Morgan fingerprint density at radius 3 is 2.54 bits per heavy atom. The first-order valence-corrected chi connectivity index (χ1v) is 8.85. The molecule has 1 atom stereocenters. The summed E-state index contributed by atoms with van der Waals surface area (Å²) < 4.78 is 0. The van der Waals surface area contributed by atoms with E-state index in [9.17, 15) is 14.4 Å². The summed E-state index contributed by atoms with van der Waals surface area (Å²) in [6, 6.07) is -0.361. The van der Waals surface area contributed by atoms with Gasteiger partial charge in [-0.15, -0.1) is 0 Å². The molecule has 0 radical (unpaired) electrons.